The molecule has 2 aromatic heterocycles. The second-order valence-corrected chi connectivity index (χ2v) is 5.43. The van der Waals surface area contributed by atoms with E-state index in [-0.39, 0.29) is 11.7 Å². The number of esters is 1. The average Bonchev–Trinajstić information content (AvgIpc) is 3.15. The predicted octanol–water partition coefficient (Wildman–Crippen LogP) is 2.45. The zero-order chi connectivity index (χ0) is 16.2. The van der Waals surface area contributed by atoms with Crippen LogP contribution in [-0.4, -0.2) is 28.8 Å². The van der Waals surface area contributed by atoms with E-state index in [0.29, 0.717) is 25.2 Å². The van der Waals surface area contributed by atoms with Crippen LogP contribution in [0, 0.1) is 0 Å². The minimum atomic E-state index is -0.479. The number of nitrogens with one attached hydrogen (secondary N) is 1. The van der Waals surface area contributed by atoms with Gasteiger partial charge in [-0.15, -0.1) is 0 Å². The summed E-state index contributed by atoms with van der Waals surface area (Å²) in [5, 5.41) is 4.90. The van der Waals surface area contributed by atoms with Crippen molar-refractivity contribution < 1.29 is 14.1 Å². The van der Waals surface area contributed by atoms with Crippen LogP contribution in [0.2, 0.25) is 0 Å². The molecule has 23 heavy (non-hydrogen) atoms. The zero-order valence-corrected chi connectivity index (χ0v) is 12.9. The standard InChI is InChI=1S/C17H19N3O3/c1-2-22-17(21)16-9-13(23-20-16)8-12(18)7-11-10-19-15-6-4-3-5-14(11)15/h3-6,9-10,12,19H,2,7-8,18H2,1H3/t12-/m0/s1. The van der Waals surface area contributed by atoms with E-state index in [0.717, 1.165) is 5.52 Å². The molecule has 120 valence electrons. The van der Waals surface area contributed by atoms with Crippen LogP contribution in [0.4, 0.5) is 0 Å². The lowest BCUT2D eigenvalue weighted by atomic mass is 10.0. The van der Waals surface area contributed by atoms with Crippen molar-refractivity contribution in [1.82, 2.24) is 10.1 Å². The molecule has 0 radical (unpaired) electrons. The summed E-state index contributed by atoms with van der Waals surface area (Å²) in [6, 6.07) is 9.57. The average molecular weight is 313 g/mol. The molecule has 0 saturated heterocycles. The zero-order valence-electron chi connectivity index (χ0n) is 12.9. The van der Waals surface area contributed by atoms with Crippen LogP contribution in [0.25, 0.3) is 10.9 Å². The van der Waals surface area contributed by atoms with E-state index in [9.17, 15) is 4.79 Å². The third kappa shape index (κ3) is 3.43. The molecule has 0 amide bonds. The van der Waals surface area contributed by atoms with Crippen LogP contribution < -0.4 is 5.73 Å². The monoisotopic (exact) mass is 313 g/mol. The molecule has 0 spiro atoms. The highest BCUT2D eigenvalue weighted by Crippen LogP contribution is 2.19. The predicted molar refractivity (Wildman–Crippen MR) is 86.1 cm³/mol. The number of rotatable bonds is 6. The summed E-state index contributed by atoms with van der Waals surface area (Å²) in [5.74, 6) is 0.105. The minimum absolute atomic E-state index is 0.128. The number of fused-ring (bicyclic) bond motifs is 1. The summed E-state index contributed by atoms with van der Waals surface area (Å²) < 4.78 is 10.1. The van der Waals surface area contributed by atoms with E-state index in [1.54, 1.807) is 13.0 Å². The van der Waals surface area contributed by atoms with Gasteiger partial charge < -0.3 is 20.0 Å². The van der Waals surface area contributed by atoms with Gasteiger partial charge in [0.05, 0.1) is 6.61 Å². The van der Waals surface area contributed by atoms with Crippen LogP contribution >= 0.6 is 0 Å². The third-order valence-corrected chi connectivity index (χ3v) is 3.66. The first-order valence-corrected chi connectivity index (χ1v) is 7.60. The van der Waals surface area contributed by atoms with Gasteiger partial charge in [0.15, 0.2) is 5.69 Å². The highest BCUT2D eigenvalue weighted by atomic mass is 16.5. The van der Waals surface area contributed by atoms with Gasteiger partial charge in [-0.25, -0.2) is 4.79 Å². The number of nitrogens with two attached hydrogens (primary N) is 1. The van der Waals surface area contributed by atoms with Crippen molar-refractivity contribution in [2.45, 2.75) is 25.8 Å². The summed E-state index contributed by atoms with van der Waals surface area (Å²) in [4.78, 5) is 14.8. The normalized spacial score (nSPS) is 12.4. The fourth-order valence-electron chi connectivity index (χ4n) is 2.62. The van der Waals surface area contributed by atoms with Crippen LogP contribution in [0.3, 0.4) is 0 Å². The number of carbonyl (C=O) groups is 1. The molecule has 3 N–H and O–H groups in total. The number of aromatic nitrogens is 2. The van der Waals surface area contributed by atoms with Gasteiger partial charge in [0.2, 0.25) is 0 Å². The molecule has 2 heterocycles. The van der Waals surface area contributed by atoms with Gasteiger partial charge in [0.25, 0.3) is 0 Å². The van der Waals surface area contributed by atoms with Crippen molar-refractivity contribution in [2.75, 3.05) is 6.61 Å². The Hall–Kier alpha value is -2.60. The van der Waals surface area contributed by atoms with Crippen LogP contribution in [0.15, 0.2) is 41.1 Å². The molecular formula is C17H19N3O3. The molecule has 0 bridgehead atoms. The van der Waals surface area contributed by atoms with E-state index in [1.165, 1.54) is 10.9 Å². The Labute approximate surface area is 133 Å². The summed E-state index contributed by atoms with van der Waals surface area (Å²) in [6.07, 6.45) is 3.19. The van der Waals surface area contributed by atoms with E-state index < -0.39 is 5.97 Å². The lowest BCUT2D eigenvalue weighted by Gasteiger charge is -2.08. The Bertz CT molecular complexity index is 806. The van der Waals surface area contributed by atoms with Gasteiger partial charge in [0, 0.05) is 35.6 Å². The van der Waals surface area contributed by atoms with E-state index in [1.807, 2.05) is 24.4 Å². The van der Waals surface area contributed by atoms with Gasteiger partial charge in [0.1, 0.15) is 5.76 Å². The van der Waals surface area contributed by atoms with Gasteiger partial charge >= 0.3 is 5.97 Å². The fourth-order valence-corrected chi connectivity index (χ4v) is 2.62. The van der Waals surface area contributed by atoms with Crippen molar-refractivity contribution in [3.05, 3.63) is 53.5 Å². The van der Waals surface area contributed by atoms with Crippen molar-refractivity contribution in [3.63, 3.8) is 0 Å². The maximum Gasteiger partial charge on any atom is 0.360 e. The molecule has 1 atom stereocenters. The van der Waals surface area contributed by atoms with E-state index in [2.05, 4.69) is 16.2 Å². The number of nitrogens with zero attached hydrogens (tertiary/aromatic N) is 1. The smallest absolute Gasteiger partial charge is 0.360 e. The van der Waals surface area contributed by atoms with Crippen molar-refractivity contribution in [3.8, 4) is 0 Å². The quantitative estimate of drug-likeness (QED) is 0.682. The first-order valence-electron chi connectivity index (χ1n) is 7.60. The Balaban J connectivity index is 1.65. The van der Waals surface area contributed by atoms with Crippen molar-refractivity contribution >= 4 is 16.9 Å². The minimum Gasteiger partial charge on any atom is -0.461 e. The molecular weight excluding hydrogens is 294 g/mol. The van der Waals surface area contributed by atoms with Gasteiger partial charge in [-0.1, -0.05) is 23.4 Å². The molecule has 0 unspecified atom stereocenters. The highest BCUT2D eigenvalue weighted by molar-refractivity contribution is 5.87. The van der Waals surface area contributed by atoms with Gasteiger partial charge in [-0.05, 0) is 25.0 Å². The number of hydrogen-bond donors (Lipinski definition) is 2. The lowest BCUT2D eigenvalue weighted by molar-refractivity contribution is 0.0514. The van der Waals surface area contributed by atoms with E-state index >= 15 is 0 Å². The summed E-state index contributed by atoms with van der Waals surface area (Å²) >= 11 is 0. The number of H-pyrrole nitrogens is 1. The Morgan fingerprint density at radius 1 is 1.39 bits per heavy atom. The lowest BCUT2D eigenvalue weighted by Crippen LogP contribution is -2.25. The molecule has 3 aromatic rings. The number of hydrogen-bond acceptors (Lipinski definition) is 5. The number of benzene rings is 1. The molecule has 0 fully saturated rings. The second kappa shape index (κ2) is 6.66. The first-order chi connectivity index (χ1) is 11.2. The fraction of sp³-hybridized carbons (Fsp3) is 0.294. The molecule has 0 aliphatic carbocycles. The molecule has 6 nitrogen and oxygen atoms in total. The van der Waals surface area contributed by atoms with E-state index in [4.69, 9.17) is 15.0 Å². The highest BCUT2D eigenvalue weighted by Gasteiger charge is 2.16. The van der Waals surface area contributed by atoms with Gasteiger partial charge in [-0.3, -0.25) is 0 Å². The molecule has 0 aliphatic heterocycles. The van der Waals surface area contributed by atoms with Crippen LogP contribution in [0.5, 0.6) is 0 Å². The second-order valence-electron chi connectivity index (χ2n) is 5.43. The largest absolute Gasteiger partial charge is 0.461 e. The van der Waals surface area contributed by atoms with Crippen molar-refractivity contribution in [1.29, 1.82) is 0 Å². The molecule has 0 aliphatic rings. The summed E-state index contributed by atoms with van der Waals surface area (Å²) in [5.41, 5.74) is 8.66. The Morgan fingerprint density at radius 3 is 3.04 bits per heavy atom. The Morgan fingerprint density at radius 2 is 2.22 bits per heavy atom. The first kappa shape index (κ1) is 15.3. The third-order valence-electron chi connectivity index (χ3n) is 3.66. The number of carbonyl (C=O) groups excluding carboxylic acids is 1. The summed E-state index contributed by atoms with van der Waals surface area (Å²) in [7, 11) is 0. The maximum absolute atomic E-state index is 11.6. The SMILES string of the molecule is CCOC(=O)c1cc(C[C@@H](N)Cc2c[nH]c3ccccc23)on1. The Kier molecular flexibility index (Phi) is 4.43. The topological polar surface area (TPSA) is 94.1 Å². The molecule has 3 rings (SSSR count). The maximum atomic E-state index is 11.6. The number of aromatic amines is 1. The molecule has 1 aromatic carbocycles. The molecule has 0 saturated carbocycles. The van der Waals surface area contributed by atoms with Crippen LogP contribution in [0.1, 0.15) is 28.7 Å². The summed E-state index contributed by atoms with van der Waals surface area (Å²) in [6.45, 7) is 2.05. The van der Waals surface area contributed by atoms with Gasteiger partial charge in [-0.2, -0.15) is 0 Å². The van der Waals surface area contributed by atoms with Crippen molar-refractivity contribution in [2.24, 2.45) is 5.73 Å². The number of ether oxygens (including phenoxy) is 1. The molecule has 6 heteroatoms. The van der Waals surface area contributed by atoms with Crippen LogP contribution in [-0.2, 0) is 17.6 Å². The number of para-hydroxylation sites is 1.